The summed E-state index contributed by atoms with van der Waals surface area (Å²) < 4.78 is 52.7. The third-order valence-electron chi connectivity index (χ3n) is 1.86. The van der Waals surface area contributed by atoms with Gasteiger partial charge >= 0.3 is 0 Å². The van der Waals surface area contributed by atoms with Gasteiger partial charge in [0.25, 0.3) is 0 Å². The summed E-state index contributed by atoms with van der Waals surface area (Å²) in [6.45, 7) is 0. The van der Waals surface area contributed by atoms with Gasteiger partial charge in [0.2, 0.25) is 0 Å². The van der Waals surface area contributed by atoms with E-state index in [-0.39, 0.29) is 5.33 Å². The maximum atomic E-state index is 13.2. The Morgan fingerprint density at radius 2 is 1.33 bits per heavy atom. The maximum absolute atomic E-state index is 13.2. The number of alkyl halides is 1. The van der Waals surface area contributed by atoms with E-state index in [4.69, 9.17) is 6.42 Å². The van der Waals surface area contributed by atoms with Crippen LogP contribution in [0.2, 0.25) is 0 Å². The first-order chi connectivity index (χ1) is 7.04. The van der Waals surface area contributed by atoms with Crippen molar-refractivity contribution >= 4 is 15.9 Å². The van der Waals surface area contributed by atoms with Crippen molar-refractivity contribution in [3.05, 3.63) is 34.4 Å². The Hall–Kier alpha value is -1.02. The van der Waals surface area contributed by atoms with Gasteiger partial charge in [-0.25, -0.2) is 17.6 Å². The van der Waals surface area contributed by atoms with E-state index in [1.807, 2.05) is 5.92 Å². The van der Waals surface area contributed by atoms with E-state index in [2.05, 4.69) is 15.9 Å². The molecular weight excluding hydrogens is 276 g/mol. The predicted molar refractivity (Wildman–Crippen MR) is 51.4 cm³/mol. The van der Waals surface area contributed by atoms with E-state index < -0.39 is 40.8 Å². The average molecular weight is 281 g/mol. The standard InChI is InChI=1S/C10H5BrF4/c1-2-3-5-7(12)9(14)6(4-11)10(15)8(5)13/h1H,3-4H2. The lowest BCUT2D eigenvalue weighted by molar-refractivity contribution is 0.433. The molecule has 0 nitrogen and oxygen atoms in total. The molecule has 0 atom stereocenters. The Bertz CT molecular complexity index is 405. The SMILES string of the molecule is C#CCc1c(F)c(F)c(CBr)c(F)c1F. The quantitative estimate of drug-likeness (QED) is 0.337. The lowest BCUT2D eigenvalue weighted by Gasteiger charge is -2.08. The van der Waals surface area contributed by atoms with Crippen LogP contribution in [-0.4, -0.2) is 0 Å². The summed E-state index contributed by atoms with van der Waals surface area (Å²) in [6, 6.07) is 0. The lowest BCUT2D eigenvalue weighted by Crippen LogP contribution is -2.07. The molecule has 0 aliphatic heterocycles. The minimum Gasteiger partial charge on any atom is -0.203 e. The summed E-state index contributed by atoms with van der Waals surface area (Å²) in [4.78, 5) is 0. The van der Waals surface area contributed by atoms with Crippen molar-refractivity contribution in [2.75, 3.05) is 0 Å². The zero-order valence-electron chi connectivity index (χ0n) is 7.38. The average Bonchev–Trinajstić information content (AvgIpc) is 2.23. The Balaban J connectivity index is 3.53. The Morgan fingerprint density at radius 1 is 0.933 bits per heavy atom. The summed E-state index contributed by atoms with van der Waals surface area (Å²) in [7, 11) is 0. The molecule has 0 radical (unpaired) electrons. The molecular formula is C10H5BrF4. The highest BCUT2D eigenvalue weighted by atomic mass is 79.9. The molecule has 0 N–H and O–H groups in total. The van der Waals surface area contributed by atoms with Gasteiger partial charge in [-0.15, -0.1) is 12.3 Å². The van der Waals surface area contributed by atoms with E-state index in [1.54, 1.807) is 0 Å². The van der Waals surface area contributed by atoms with Gasteiger partial charge in [-0.3, -0.25) is 0 Å². The Labute approximate surface area is 92.4 Å². The van der Waals surface area contributed by atoms with Gasteiger partial charge in [0, 0.05) is 22.9 Å². The van der Waals surface area contributed by atoms with Crippen LogP contribution in [0.15, 0.2) is 0 Å². The zero-order chi connectivity index (χ0) is 11.6. The van der Waals surface area contributed by atoms with E-state index in [1.165, 1.54) is 0 Å². The van der Waals surface area contributed by atoms with Crippen LogP contribution in [0.25, 0.3) is 0 Å². The molecule has 0 fully saturated rings. The highest BCUT2D eigenvalue weighted by molar-refractivity contribution is 9.08. The van der Waals surface area contributed by atoms with Crippen molar-refractivity contribution in [1.29, 1.82) is 0 Å². The molecule has 0 aliphatic carbocycles. The van der Waals surface area contributed by atoms with Gasteiger partial charge in [0.1, 0.15) is 0 Å². The van der Waals surface area contributed by atoms with Crippen LogP contribution in [0.4, 0.5) is 17.6 Å². The number of benzene rings is 1. The third kappa shape index (κ3) is 2.00. The monoisotopic (exact) mass is 280 g/mol. The molecule has 0 bridgehead atoms. The summed E-state index contributed by atoms with van der Waals surface area (Å²) in [6.07, 6.45) is 4.34. The molecule has 1 rings (SSSR count). The van der Waals surface area contributed by atoms with Crippen LogP contribution >= 0.6 is 15.9 Å². The van der Waals surface area contributed by atoms with Crippen molar-refractivity contribution in [3.63, 3.8) is 0 Å². The van der Waals surface area contributed by atoms with Gasteiger partial charge in [-0.2, -0.15) is 0 Å². The fourth-order valence-electron chi connectivity index (χ4n) is 1.10. The second-order valence-corrected chi connectivity index (χ2v) is 3.29. The van der Waals surface area contributed by atoms with Crippen LogP contribution < -0.4 is 0 Å². The first kappa shape index (κ1) is 12.1. The van der Waals surface area contributed by atoms with E-state index in [9.17, 15) is 17.6 Å². The molecule has 1 aromatic rings. The highest BCUT2D eigenvalue weighted by Crippen LogP contribution is 2.25. The normalized spacial score (nSPS) is 10.1. The first-order valence-electron chi connectivity index (χ1n) is 3.87. The number of hydrogen-bond acceptors (Lipinski definition) is 0. The maximum Gasteiger partial charge on any atom is 0.166 e. The summed E-state index contributed by atoms with van der Waals surface area (Å²) >= 11 is 2.74. The van der Waals surface area contributed by atoms with Gasteiger partial charge in [-0.05, 0) is 0 Å². The molecule has 5 heteroatoms. The van der Waals surface area contributed by atoms with E-state index in [0.29, 0.717) is 0 Å². The fraction of sp³-hybridized carbons (Fsp3) is 0.200. The lowest BCUT2D eigenvalue weighted by atomic mass is 10.1. The van der Waals surface area contributed by atoms with Crippen LogP contribution in [0.5, 0.6) is 0 Å². The number of hydrogen-bond donors (Lipinski definition) is 0. The number of rotatable bonds is 2. The zero-order valence-corrected chi connectivity index (χ0v) is 8.97. The number of terminal acetylenes is 1. The Kier molecular flexibility index (Phi) is 3.75. The van der Waals surface area contributed by atoms with Gasteiger partial charge in [0.15, 0.2) is 23.3 Å². The van der Waals surface area contributed by atoms with Gasteiger partial charge < -0.3 is 0 Å². The second-order valence-electron chi connectivity index (χ2n) is 2.73. The summed E-state index contributed by atoms with van der Waals surface area (Å²) in [5.74, 6) is -3.74. The fourth-order valence-corrected chi connectivity index (χ4v) is 1.59. The van der Waals surface area contributed by atoms with Gasteiger partial charge in [0.05, 0.1) is 0 Å². The molecule has 0 aliphatic rings. The Morgan fingerprint density at radius 3 is 1.67 bits per heavy atom. The summed E-state index contributed by atoms with van der Waals surface area (Å²) in [5.41, 5.74) is -1.43. The van der Waals surface area contributed by atoms with Crippen molar-refractivity contribution < 1.29 is 17.6 Å². The van der Waals surface area contributed by atoms with Crippen LogP contribution in [0.3, 0.4) is 0 Å². The summed E-state index contributed by atoms with van der Waals surface area (Å²) in [5, 5.41) is -0.311. The van der Waals surface area contributed by atoms with Crippen LogP contribution in [0, 0.1) is 35.6 Å². The van der Waals surface area contributed by atoms with Crippen molar-refractivity contribution in [2.24, 2.45) is 0 Å². The van der Waals surface area contributed by atoms with Crippen molar-refractivity contribution in [2.45, 2.75) is 11.8 Å². The number of halogens is 5. The van der Waals surface area contributed by atoms with Gasteiger partial charge in [-0.1, -0.05) is 15.9 Å². The largest absolute Gasteiger partial charge is 0.203 e. The van der Waals surface area contributed by atoms with Crippen LogP contribution in [0.1, 0.15) is 11.1 Å². The molecule has 0 amide bonds. The smallest absolute Gasteiger partial charge is 0.166 e. The topological polar surface area (TPSA) is 0 Å². The predicted octanol–water partition coefficient (Wildman–Crippen LogP) is 3.31. The molecule has 0 unspecified atom stereocenters. The van der Waals surface area contributed by atoms with Crippen LogP contribution in [-0.2, 0) is 11.8 Å². The highest BCUT2D eigenvalue weighted by Gasteiger charge is 2.23. The third-order valence-corrected chi connectivity index (χ3v) is 2.42. The van der Waals surface area contributed by atoms with Crippen molar-refractivity contribution in [1.82, 2.24) is 0 Å². The molecule has 1 aromatic carbocycles. The molecule has 0 saturated carbocycles. The second kappa shape index (κ2) is 4.67. The molecule has 15 heavy (non-hydrogen) atoms. The van der Waals surface area contributed by atoms with Crippen molar-refractivity contribution in [3.8, 4) is 12.3 Å². The van der Waals surface area contributed by atoms with E-state index in [0.717, 1.165) is 0 Å². The first-order valence-corrected chi connectivity index (χ1v) is 4.99. The molecule has 0 saturated heterocycles. The molecule has 80 valence electrons. The minimum absolute atomic E-state index is 0.311. The molecule has 0 aromatic heterocycles. The van der Waals surface area contributed by atoms with E-state index >= 15 is 0 Å². The molecule has 0 spiro atoms. The minimum atomic E-state index is -1.43. The molecule has 0 heterocycles.